The molecule has 0 atom stereocenters. The summed E-state index contributed by atoms with van der Waals surface area (Å²) >= 11 is 0. The van der Waals surface area contributed by atoms with Gasteiger partial charge < -0.3 is 25.3 Å². The molecule has 4 aromatic carbocycles. The Bertz CT molecular complexity index is 1670. The van der Waals surface area contributed by atoms with E-state index in [0.29, 0.717) is 22.9 Å². The Labute approximate surface area is 243 Å². The first-order valence-electron chi connectivity index (χ1n) is 13.9. The first-order valence-corrected chi connectivity index (χ1v) is 13.9. The number of carbonyl (C=O) groups excluding carboxylic acids is 3. The Morgan fingerprint density at radius 2 is 1.36 bits per heavy atom. The molecule has 210 valence electrons. The molecule has 8 nitrogen and oxygen atoms in total. The highest BCUT2D eigenvalue weighted by atomic mass is 16.5. The lowest BCUT2D eigenvalue weighted by Gasteiger charge is -2.22. The first-order chi connectivity index (χ1) is 20.5. The second-order valence-corrected chi connectivity index (χ2v) is 10.4. The number of amides is 3. The second-order valence-electron chi connectivity index (χ2n) is 10.4. The summed E-state index contributed by atoms with van der Waals surface area (Å²) in [5.74, 6) is 0.170. The molecule has 0 spiro atoms. The molecule has 3 N–H and O–H groups in total. The van der Waals surface area contributed by atoms with Crippen molar-refractivity contribution < 1.29 is 19.1 Å². The lowest BCUT2D eigenvalue weighted by molar-refractivity contribution is -0.123. The van der Waals surface area contributed by atoms with Crippen LogP contribution < -0.4 is 15.4 Å². The van der Waals surface area contributed by atoms with E-state index in [1.807, 2.05) is 66.7 Å². The topological polar surface area (TPSA) is 104 Å². The molecule has 42 heavy (non-hydrogen) atoms. The third kappa shape index (κ3) is 6.33. The number of aromatic nitrogens is 1. The van der Waals surface area contributed by atoms with Crippen molar-refractivity contribution >= 4 is 34.3 Å². The zero-order valence-corrected chi connectivity index (χ0v) is 22.9. The van der Waals surface area contributed by atoms with Crippen LogP contribution in [0, 0.1) is 0 Å². The van der Waals surface area contributed by atoms with Crippen LogP contribution in [0.5, 0.6) is 11.5 Å². The quantitative estimate of drug-likeness (QED) is 0.228. The fourth-order valence-electron chi connectivity index (χ4n) is 5.27. The van der Waals surface area contributed by atoms with Gasteiger partial charge in [-0.1, -0.05) is 60.7 Å². The van der Waals surface area contributed by atoms with Gasteiger partial charge in [0, 0.05) is 22.6 Å². The van der Waals surface area contributed by atoms with Crippen molar-refractivity contribution in [2.45, 2.75) is 18.9 Å². The monoisotopic (exact) mass is 558 g/mol. The van der Waals surface area contributed by atoms with E-state index >= 15 is 0 Å². The smallest absolute Gasteiger partial charge is 0.271 e. The predicted molar refractivity (Wildman–Crippen MR) is 162 cm³/mol. The van der Waals surface area contributed by atoms with E-state index in [9.17, 15) is 14.4 Å². The number of rotatable bonds is 9. The van der Waals surface area contributed by atoms with Crippen LogP contribution >= 0.6 is 0 Å². The summed E-state index contributed by atoms with van der Waals surface area (Å²) in [5, 5.41) is 6.75. The number of nitrogens with zero attached hydrogens (tertiary/aromatic N) is 1. The molecule has 1 aliphatic rings. The predicted octanol–water partition coefficient (Wildman–Crippen LogP) is 5.32. The molecule has 0 saturated heterocycles. The van der Waals surface area contributed by atoms with Crippen molar-refractivity contribution in [2.24, 2.45) is 0 Å². The van der Waals surface area contributed by atoms with E-state index in [1.54, 1.807) is 30.3 Å². The summed E-state index contributed by atoms with van der Waals surface area (Å²) in [6.07, 6.45) is 1.48. The van der Waals surface area contributed by atoms with Gasteiger partial charge >= 0.3 is 0 Å². The molecule has 1 aromatic heterocycles. The molecule has 5 aromatic rings. The maximum absolute atomic E-state index is 13.6. The molecule has 0 bridgehead atoms. The highest BCUT2D eigenvalue weighted by Gasteiger charge is 2.26. The van der Waals surface area contributed by atoms with Gasteiger partial charge in [-0.2, -0.15) is 0 Å². The van der Waals surface area contributed by atoms with Crippen molar-refractivity contribution in [1.82, 2.24) is 15.2 Å². The Balaban J connectivity index is 1.13. The van der Waals surface area contributed by atoms with Crippen LogP contribution in [0.25, 0.3) is 10.9 Å². The van der Waals surface area contributed by atoms with Gasteiger partial charge in [0.15, 0.2) is 0 Å². The van der Waals surface area contributed by atoms with Crippen molar-refractivity contribution in [3.8, 4) is 11.5 Å². The summed E-state index contributed by atoms with van der Waals surface area (Å²) in [6, 6.07) is 33.7. The molecule has 0 radical (unpaired) electrons. The molecule has 0 saturated carbocycles. The summed E-state index contributed by atoms with van der Waals surface area (Å²) in [7, 11) is 0. The molecule has 1 heterocycles. The summed E-state index contributed by atoms with van der Waals surface area (Å²) < 4.78 is 5.81. The van der Waals surface area contributed by atoms with Gasteiger partial charge in [0.25, 0.3) is 5.91 Å². The van der Waals surface area contributed by atoms with Crippen LogP contribution in [-0.4, -0.2) is 46.7 Å². The molecule has 8 heteroatoms. The van der Waals surface area contributed by atoms with Crippen LogP contribution in [0.4, 0.5) is 5.69 Å². The van der Waals surface area contributed by atoms with Gasteiger partial charge in [-0.15, -0.1) is 0 Å². The number of H-pyrrole nitrogens is 1. The summed E-state index contributed by atoms with van der Waals surface area (Å²) in [6.45, 7) is -0.549. The van der Waals surface area contributed by atoms with Crippen molar-refractivity contribution in [3.63, 3.8) is 0 Å². The molecular weight excluding hydrogens is 528 g/mol. The van der Waals surface area contributed by atoms with Gasteiger partial charge in [0.05, 0.1) is 0 Å². The molecule has 0 fully saturated rings. The fraction of sp³-hybridized carbons (Fsp3) is 0.147. The highest BCUT2D eigenvalue weighted by molar-refractivity contribution is 6.02. The number of ether oxygens (including phenoxy) is 1. The molecule has 0 aliphatic heterocycles. The SMILES string of the molecule is O=C(CN(CC(=O)NC1Cc2ccccc2C1)C(=O)c1cc2ccccc2[nH]1)Nc1ccc(Oc2ccccc2)cc1. The first kappa shape index (κ1) is 26.8. The van der Waals surface area contributed by atoms with E-state index in [-0.39, 0.29) is 25.0 Å². The number of hydrogen-bond acceptors (Lipinski definition) is 4. The Morgan fingerprint density at radius 1 is 0.738 bits per heavy atom. The Kier molecular flexibility index (Phi) is 7.68. The second kappa shape index (κ2) is 12.0. The largest absolute Gasteiger partial charge is 0.457 e. The number of anilines is 1. The van der Waals surface area contributed by atoms with E-state index < -0.39 is 11.8 Å². The van der Waals surface area contributed by atoms with Crippen LogP contribution in [0.15, 0.2) is 109 Å². The average molecular weight is 559 g/mol. The normalized spacial score (nSPS) is 12.5. The maximum atomic E-state index is 13.6. The van der Waals surface area contributed by atoms with Gasteiger partial charge in [0.1, 0.15) is 30.3 Å². The Morgan fingerprint density at radius 3 is 2.07 bits per heavy atom. The van der Waals surface area contributed by atoms with Crippen LogP contribution in [-0.2, 0) is 22.4 Å². The van der Waals surface area contributed by atoms with Gasteiger partial charge in [-0.25, -0.2) is 0 Å². The summed E-state index contributed by atoms with van der Waals surface area (Å²) in [4.78, 5) is 44.2. The highest BCUT2D eigenvalue weighted by Crippen LogP contribution is 2.24. The van der Waals surface area contributed by atoms with E-state index in [2.05, 4.69) is 27.8 Å². The molecule has 6 rings (SSSR count). The number of benzene rings is 4. The Hall–Kier alpha value is -5.37. The summed E-state index contributed by atoms with van der Waals surface area (Å²) in [5.41, 5.74) is 4.09. The number of fused-ring (bicyclic) bond motifs is 2. The van der Waals surface area contributed by atoms with Crippen molar-refractivity contribution in [3.05, 3.63) is 126 Å². The van der Waals surface area contributed by atoms with Gasteiger partial charge in [-0.05, 0) is 72.5 Å². The third-order valence-electron chi connectivity index (χ3n) is 7.25. The zero-order valence-electron chi connectivity index (χ0n) is 22.9. The van der Waals surface area contributed by atoms with Crippen LogP contribution in [0.1, 0.15) is 21.6 Å². The van der Waals surface area contributed by atoms with Crippen LogP contribution in [0.3, 0.4) is 0 Å². The van der Waals surface area contributed by atoms with Gasteiger partial charge in [-0.3, -0.25) is 14.4 Å². The third-order valence-corrected chi connectivity index (χ3v) is 7.25. The average Bonchev–Trinajstić information content (AvgIpc) is 3.62. The molecule has 0 unspecified atom stereocenters. The number of carbonyl (C=O) groups is 3. The standard InChI is InChI=1S/C34H30N4O4/c39-32(35-26-14-16-29(17-15-26)42-28-11-2-1-3-12-28)21-38(34(41)31-20-25-10-6-7-13-30(25)37-31)22-33(40)36-27-18-23-8-4-5-9-24(23)19-27/h1-17,20,27,37H,18-19,21-22H2,(H,35,39)(H,36,40). The minimum atomic E-state index is -0.433. The zero-order chi connectivity index (χ0) is 28.9. The molecule has 1 aliphatic carbocycles. The minimum Gasteiger partial charge on any atom is -0.457 e. The van der Waals surface area contributed by atoms with E-state index in [4.69, 9.17) is 4.74 Å². The molecule has 3 amide bonds. The number of hydrogen-bond donors (Lipinski definition) is 3. The molecular formula is C34H30N4O4. The van der Waals surface area contributed by atoms with Crippen molar-refractivity contribution in [1.29, 1.82) is 0 Å². The number of nitrogens with one attached hydrogen (secondary N) is 3. The minimum absolute atomic E-state index is 0.0506. The van der Waals surface area contributed by atoms with E-state index in [1.165, 1.54) is 16.0 Å². The number of para-hydroxylation sites is 2. The van der Waals surface area contributed by atoms with E-state index in [0.717, 1.165) is 23.7 Å². The number of aromatic amines is 1. The van der Waals surface area contributed by atoms with Crippen molar-refractivity contribution in [2.75, 3.05) is 18.4 Å². The maximum Gasteiger partial charge on any atom is 0.271 e. The fourth-order valence-corrected chi connectivity index (χ4v) is 5.27. The lowest BCUT2D eigenvalue weighted by atomic mass is 10.1. The lowest BCUT2D eigenvalue weighted by Crippen LogP contribution is -2.47. The van der Waals surface area contributed by atoms with Crippen LogP contribution in [0.2, 0.25) is 0 Å². The van der Waals surface area contributed by atoms with Gasteiger partial charge in [0.2, 0.25) is 11.8 Å².